The van der Waals surface area contributed by atoms with E-state index in [2.05, 4.69) is 0 Å². The topological polar surface area (TPSA) is 26.0 Å². The normalized spacial score (nSPS) is 16.8. The van der Waals surface area contributed by atoms with Crippen molar-refractivity contribution in [2.75, 3.05) is 0 Å². The fourth-order valence-corrected chi connectivity index (χ4v) is 1.00. The van der Waals surface area contributed by atoms with E-state index in [9.17, 15) is 13.2 Å². The Morgan fingerprint density at radius 1 is 1.38 bits per heavy atom. The largest absolute Gasteiger partial charge is 0.428 e. The molecule has 1 atom stereocenters. The lowest BCUT2D eigenvalue weighted by molar-refractivity contribution is -0.0850. The smallest absolute Gasteiger partial charge is 0.327 e. The van der Waals surface area contributed by atoms with Crippen LogP contribution in [-0.2, 0) is 0 Å². The minimum absolute atomic E-state index is 0.0452. The van der Waals surface area contributed by atoms with Crippen molar-refractivity contribution in [3.63, 3.8) is 0 Å². The van der Waals surface area contributed by atoms with Gasteiger partial charge >= 0.3 is 6.18 Å². The molecule has 0 heterocycles. The molecule has 0 aromatic rings. The molecule has 0 aliphatic rings. The third-order valence-electron chi connectivity index (χ3n) is 1.45. The molecule has 1 nitrogen and oxygen atoms in total. The van der Waals surface area contributed by atoms with Crippen LogP contribution in [0.4, 0.5) is 13.2 Å². The van der Waals surface area contributed by atoms with Crippen LogP contribution >= 0.6 is 23.2 Å². The van der Waals surface area contributed by atoms with Gasteiger partial charge in [0.05, 0.1) is 0 Å². The monoisotopic (exact) mass is 235 g/mol. The average molecular weight is 236 g/mol. The molecule has 2 N–H and O–H groups in total. The first-order valence-corrected chi connectivity index (χ1v) is 4.41. The molecule has 0 spiro atoms. The summed E-state index contributed by atoms with van der Waals surface area (Å²) in [6, 6.07) is -0.386. The van der Waals surface area contributed by atoms with Gasteiger partial charge in [0.15, 0.2) is 0 Å². The predicted octanol–water partition coefficient (Wildman–Crippen LogP) is 3.37. The van der Waals surface area contributed by atoms with E-state index in [-0.39, 0.29) is 12.5 Å². The molecule has 0 fully saturated rings. The molecule has 0 radical (unpaired) electrons. The van der Waals surface area contributed by atoms with Crippen molar-refractivity contribution in [1.29, 1.82) is 0 Å². The van der Waals surface area contributed by atoms with Crippen LogP contribution in [0.15, 0.2) is 10.1 Å². The SMILES string of the molecule is CCC(N)C/C(Cl)=C(\Cl)C(F)(F)F. The number of hydrogen-bond acceptors (Lipinski definition) is 1. The Balaban J connectivity index is 4.45. The summed E-state index contributed by atoms with van der Waals surface area (Å²) in [5.74, 6) is 0. The van der Waals surface area contributed by atoms with Crippen molar-refractivity contribution in [1.82, 2.24) is 0 Å². The molecule has 0 aliphatic heterocycles. The molecule has 0 aliphatic carbocycles. The second kappa shape index (κ2) is 5.08. The van der Waals surface area contributed by atoms with Gasteiger partial charge < -0.3 is 5.73 Å². The van der Waals surface area contributed by atoms with Crippen LogP contribution in [-0.4, -0.2) is 12.2 Å². The minimum atomic E-state index is -4.58. The summed E-state index contributed by atoms with van der Waals surface area (Å²) in [6.45, 7) is 1.76. The van der Waals surface area contributed by atoms with Gasteiger partial charge in [0.25, 0.3) is 0 Å². The van der Waals surface area contributed by atoms with Crippen molar-refractivity contribution in [2.24, 2.45) is 5.73 Å². The van der Waals surface area contributed by atoms with Crippen molar-refractivity contribution in [3.8, 4) is 0 Å². The summed E-state index contributed by atoms with van der Waals surface area (Å²) in [5.41, 5.74) is 5.41. The average Bonchev–Trinajstić information content (AvgIpc) is 2.01. The van der Waals surface area contributed by atoms with Gasteiger partial charge in [-0.25, -0.2) is 0 Å². The van der Waals surface area contributed by atoms with Crippen molar-refractivity contribution < 1.29 is 13.2 Å². The predicted molar refractivity (Wildman–Crippen MR) is 47.7 cm³/mol. The highest BCUT2D eigenvalue weighted by atomic mass is 35.5. The molecule has 0 aromatic carbocycles. The highest BCUT2D eigenvalue weighted by Crippen LogP contribution is 2.34. The Kier molecular flexibility index (Phi) is 5.10. The summed E-state index contributed by atoms with van der Waals surface area (Å²) in [7, 11) is 0. The molecule has 0 rings (SSSR count). The van der Waals surface area contributed by atoms with Crippen molar-refractivity contribution in [2.45, 2.75) is 32.0 Å². The van der Waals surface area contributed by atoms with Crippen molar-refractivity contribution in [3.05, 3.63) is 10.1 Å². The van der Waals surface area contributed by atoms with Crippen molar-refractivity contribution >= 4 is 23.2 Å². The van der Waals surface area contributed by atoms with E-state index in [4.69, 9.17) is 28.9 Å². The first-order valence-electron chi connectivity index (χ1n) is 3.66. The zero-order valence-corrected chi connectivity index (χ0v) is 8.47. The zero-order valence-electron chi connectivity index (χ0n) is 6.96. The van der Waals surface area contributed by atoms with Gasteiger partial charge in [-0.05, 0) is 12.8 Å². The van der Waals surface area contributed by atoms with Gasteiger partial charge in [0.1, 0.15) is 5.03 Å². The molecule has 1 unspecified atom stereocenters. The van der Waals surface area contributed by atoms with Crippen LogP contribution in [0.2, 0.25) is 0 Å². The van der Waals surface area contributed by atoms with Crippen LogP contribution in [0.3, 0.4) is 0 Å². The van der Waals surface area contributed by atoms with Crippen LogP contribution in [0.5, 0.6) is 0 Å². The summed E-state index contributed by atoms with van der Waals surface area (Å²) in [6.07, 6.45) is -4.07. The lowest BCUT2D eigenvalue weighted by Gasteiger charge is -2.11. The first-order chi connectivity index (χ1) is 5.79. The van der Waals surface area contributed by atoms with E-state index in [0.717, 1.165) is 0 Å². The molecule has 78 valence electrons. The summed E-state index contributed by atoms with van der Waals surface area (Å²) >= 11 is 10.3. The Morgan fingerprint density at radius 3 is 2.15 bits per heavy atom. The number of rotatable bonds is 3. The maximum Gasteiger partial charge on any atom is 0.428 e. The van der Waals surface area contributed by atoms with E-state index >= 15 is 0 Å². The summed E-state index contributed by atoms with van der Waals surface area (Å²) < 4.78 is 35.8. The van der Waals surface area contributed by atoms with Gasteiger partial charge in [0, 0.05) is 11.1 Å². The van der Waals surface area contributed by atoms with E-state index in [1.54, 1.807) is 6.92 Å². The lowest BCUT2D eigenvalue weighted by Crippen LogP contribution is -2.19. The lowest BCUT2D eigenvalue weighted by atomic mass is 10.1. The zero-order chi connectivity index (χ0) is 10.6. The Labute approximate surface area is 84.7 Å². The van der Waals surface area contributed by atoms with Gasteiger partial charge in [-0.15, -0.1) is 0 Å². The second-order valence-electron chi connectivity index (χ2n) is 2.59. The number of allylic oxidation sites excluding steroid dienone is 1. The second-order valence-corrected chi connectivity index (χ2v) is 3.42. The molecule has 0 bridgehead atoms. The fourth-order valence-electron chi connectivity index (χ4n) is 0.618. The molecular weight excluding hydrogens is 226 g/mol. The maximum atomic E-state index is 11.9. The van der Waals surface area contributed by atoms with Gasteiger partial charge in [-0.3, -0.25) is 0 Å². The van der Waals surface area contributed by atoms with E-state index in [0.29, 0.717) is 6.42 Å². The van der Waals surface area contributed by atoms with Gasteiger partial charge in [-0.1, -0.05) is 30.1 Å². The number of halogens is 5. The summed E-state index contributed by atoms with van der Waals surface area (Å²) in [5, 5.41) is -1.71. The van der Waals surface area contributed by atoms with Gasteiger partial charge in [0.2, 0.25) is 0 Å². The number of hydrogen-bond donors (Lipinski definition) is 1. The van der Waals surface area contributed by atoms with Crippen LogP contribution in [0.25, 0.3) is 0 Å². The van der Waals surface area contributed by atoms with E-state index in [1.165, 1.54) is 0 Å². The number of alkyl halides is 3. The molecule has 0 amide bonds. The minimum Gasteiger partial charge on any atom is -0.327 e. The highest BCUT2D eigenvalue weighted by molar-refractivity contribution is 6.39. The maximum absolute atomic E-state index is 11.9. The third kappa shape index (κ3) is 4.74. The first kappa shape index (κ1) is 13.1. The standard InChI is InChI=1S/C7H10Cl2F3N/c1-2-4(13)3-5(8)6(9)7(10,11)12/h4H,2-3,13H2,1H3/b6-5+. The molecule has 0 saturated heterocycles. The third-order valence-corrected chi connectivity index (χ3v) is 2.34. The highest BCUT2D eigenvalue weighted by Gasteiger charge is 2.34. The van der Waals surface area contributed by atoms with Crippen LogP contribution < -0.4 is 5.73 Å². The quantitative estimate of drug-likeness (QED) is 0.798. The molecule has 13 heavy (non-hydrogen) atoms. The summed E-state index contributed by atoms with van der Waals surface area (Å²) in [4.78, 5) is 0. The van der Waals surface area contributed by atoms with E-state index < -0.39 is 16.2 Å². The van der Waals surface area contributed by atoms with Crippen LogP contribution in [0.1, 0.15) is 19.8 Å². The van der Waals surface area contributed by atoms with Gasteiger partial charge in [-0.2, -0.15) is 13.2 Å². The number of nitrogens with two attached hydrogens (primary N) is 1. The Bertz CT molecular complexity index is 200. The molecule has 6 heteroatoms. The Hall–Kier alpha value is 0.0700. The van der Waals surface area contributed by atoms with E-state index in [1.807, 2.05) is 0 Å². The fraction of sp³-hybridized carbons (Fsp3) is 0.714. The Morgan fingerprint density at radius 2 is 1.85 bits per heavy atom. The molecule has 0 saturated carbocycles. The van der Waals surface area contributed by atoms with Crippen LogP contribution in [0, 0.1) is 0 Å². The molecular formula is C7H10Cl2F3N. The molecule has 0 aromatic heterocycles.